The molecule has 2 atom stereocenters. The first kappa shape index (κ1) is 17.3. The van der Waals surface area contributed by atoms with Gasteiger partial charge in [-0.2, -0.15) is 0 Å². The molecule has 10 nitrogen and oxygen atoms in total. The lowest BCUT2D eigenvalue weighted by Gasteiger charge is -2.17. The van der Waals surface area contributed by atoms with E-state index in [-0.39, 0.29) is 25.2 Å². The lowest BCUT2D eigenvalue weighted by Crippen LogP contribution is -2.50. The highest BCUT2D eigenvalue weighted by molar-refractivity contribution is 6.08. The smallest absolute Gasteiger partial charge is 0.334 e. The third-order valence-electron chi connectivity index (χ3n) is 2.77. The summed E-state index contributed by atoms with van der Waals surface area (Å²) in [6, 6.07) is -2.19. The number of H-pyrrole nitrogens is 1. The molecule has 2 rings (SSSR count). The second-order valence-corrected chi connectivity index (χ2v) is 4.51. The molecule has 0 bridgehead atoms. The van der Waals surface area contributed by atoms with Crippen molar-refractivity contribution in [2.75, 3.05) is 0 Å². The van der Waals surface area contributed by atoms with Crippen LogP contribution in [0.1, 0.15) is 18.5 Å². The van der Waals surface area contributed by atoms with Crippen molar-refractivity contribution < 1.29 is 29.4 Å². The lowest BCUT2D eigenvalue weighted by atomic mass is 10.0. The number of carboxylic acid groups (broad SMARTS) is 2. The van der Waals surface area contributed by atoms with Crippen molar-refractivity contribution in [1.82, 2.24) is 15.3 Å². The van der Waals surface area contributed by atoms with Crippen LogP contribution in [0.2, 0.25) is 0 Å². The summed E-state index contributed by atoms with van der Waals surface area (Å²) < 4.78 is 0. The summed E-state index contributed by atoms with van der Waals surface area (Å²) in [5.74, 6) is -3.11. The highest BCUT2D eigenvalue weighted by Gasteiger charge is 2.31. The molecule has 1 aromatic heterocycles. The summed E-state index contributed by atoms with van der Waals surface area (Å²) in [6.45, 7) is 0. The summed E-state index contributed by atoms with van der Waals surface area (Å²) >= 11 is 0. The van der Waals surface area contributed by atoms with E-state index in [9.17, 15) is 19.2 Å². The molecule has 1 saturated heterocycles. The maximum absolute atomic E-state index is 10.8. The first-order chi connectivity index (χ1) is 10.3. The number of nitrogens with zero attached hydrogens (tertiary/aromatic N) is 1. The Hall–Kier alpha value is -2.75. The Kier molecular flexibility index (Phi) is 6.20. The van der Waals surface area contributed by atoms with Gasteiger partial charge in [0.15, 0.2) is 11.8 Å². The van der Waals surface area contributed by atoms with Crippen LogP contribution in [0.15, 0.2) is 12.5 Å². The second kappa shape index (κ2) is 7.88. The maximum Gasteiger partial charge on any atom is 0.334 e. The van der Waals surface area contributed by atoms with Gasteiger partial charge >= 0.3 is 11.9 Å². The number of nitrogens with one attached hydrogen (secondary N) is 2. The van der Waals surface area contributed by atoms with Gasteiger partial charge in [-0.25, -0.2) is 9.78 Å². The number of hydrogen-bond donors (Lipinski definition) is 5. The second-order valence-electron chi connectivity index (χ2n) is 4.51. The molecule has 0 aromatic carbocycles. The van der Waals surface area contributed by atoms with Gasteiger partial charge in [0.05, 0.1) is 12.0 Å². The molecule has 1 fully saturated rings. The zero-order valence-corrected chi connectivity index (χ0v) is 11.5. The number of rotatable bonds is 4. The van der Waals surface area contributed by atoms with Crippen molar-refractivity contribution in [1.29, 1.82) is 0 Å². The molecule has 1 aromatic rings. The molecule has 6 N–H and O–H groups in total. The van der Waals surface area contributed by atoms with E-state index in [1.54, 1.807) is 6.20 Å². The first-order valence-electron chi connectivity index (χ1n) is 6.32. The predicted molar refractivity (Wildman–Crippen MR) is 71.7 cm³/mol. The summed E-state index contributed by atoms with van der Waals surface area (Å²) in [6.07, 6.45) is 3.51. The van der Waals surface area contributed by atoms with Crippen molar-refractivity contribution in [3.8, 4) is 0 Å². The summed E-state index contributed by atoms with van der Waals surface area (Å²) in [5, 5.41) is 18.9. The summed E-state index contributed by atoms with van der Waals surface area (Å²) in [5.41, 5.74) is 5.92. The number of amides is 1. The highest BCUT2D eigenvalue weighted by Crippen LogP contribution is 2.03. The number of imidazole rings is 1. The van der Waals surface area contributed by atoms with Crippen molar-refractivity contribution in [2.24, 2.45) is 5.73 Å². The van der Waals surface area contributed by atoms with E-state index in [1.165, 1.54) is 6.33 Å². The van der Waals surface area contributed by atoms with Gasteiger partial charge < -0.3 is 26.2 Å². The van der Waals surface area contributed by atoms with Crippen LogP contribution in [0.4, 0.5) is 0 Å². The molecule has 0 aliphatic carbocycles. The standard InChI is InChI=1S/C6H9N3O2.C6H7NO4/c7-5(6(10)11)1-4-2-8-3-9-4;8-3-1-2-4(9)7-5(3)6(10)11/h2-3,5H,1,7H2,(H,8,9)(H,10,11);5H,1-2H2,(H,7,9)(H,10,11)/t2*5-/m00/s1. The number of aromatic nitrogens is 2. The molecule has 0 radical (unpaired) electrons. The largest absolute Gasteiger partial charge is 0.480 e. The average Bonchev–Trinajstić information content (AvgIpc) is 2.94. The van der Waals surface area contributed by atoms with Crippen LogP contribution in [0.3, 0.4) is 0 Å². The van der Waals surface area contributed by atoms with Gasteiger partial charge in [0.2, 0.25) is 5.91 Å². The van der Waals surface area contributed by atoms with E-state index < -0.39 is 29.8 Å². The predicted octanol–water partition coefficient (Wildman–Crippen LogP) is -1.72. The lowest BCUT2D eigenvalue weighted by molar-refractivity contribution is -0.148. The molecule has 1 amide bonds. The molecular formula is C12H16N4O6. The van der Waals surface area contributed by atoms with Crippen LogP contribution < -0.4 is 11.1 Å². The van der Waals surface area contributed by atoms with E-state index >= 15 is 0 Å². The number of aliphatic carboxylic acids is 2. The normalized spacial score (nSPS) is 18.7. The molecule has 0 unspecified atom stereocenters. The van der Waals surface area contributed by atoms with Crippen LogP contribution in [-0.4, -0.2) is 55.9 Å². The number of Topliss-reactive ketones (excluding diaryl/α,β-unsaturated/α-hetero) is 1. The third kappa shape index (κ3) is 5.32. The van der Waals surface area contributed by atoms with Crippen LogP contribution in [0, 0.1) is 0 Å². The van der Waals surface area contributed by atoms with E-state index in [2.05, 4.69) is 15.3 Å². The quantitative estimate of drug-likeness (QED) is 0.408. The van der Waals surface area contributed by atoms with Crippen molar-refractivity contribution >= 4 is 23.6 Å². The Morgan fingerprint density at radius 1 is 1.36 bits per heavy atom. The molecule has 2 heterocycles. The molecule has 120 valence electrons. The first-order valence-corrected chi connectivity index (χ1v) is 6.32. The SMILES string of the molecule is N[C@@H](Cc1c[nH]cn1)C(=O)O.O=C1CCC(=O)[C@@H](C(=O)O)N1. The summed E-state index contributed by atoms with van der Waals surface area (Å²) in [4.78, 5) is 48.5. The Morgan fingerprint density at radius 2 is 2.05 bits per heavy atom. The fraction of sp³-hybridized carbons (Fsp3) is 0.417. The zero-order chi connectivity index (χ0) is 16.7. The maximum atomic E-state index is 10.8. The van der Waals surface area contributed by atoms with Crippen LogP contribution in [0.5, 0.6) is 0 Å². The number of nitrogens with two attached hydrogens (primary N) is 1. The number of hydrogen-bond acceptors (Lipinski definition) is 6. The van der Waals surface area contributed by atoms with Crippen molar-refractivity contribution in [2.45, 2.75) is 31.3 Å². The molecular weight excluding hydrogens is 296 g/mol. The van der Waals surface area contributed by atoms with E-state index in [1.807, 2.05) is 0 Å². The molecule has 0 saturated carbocycles. The topological polar surface area (TPSA) is 175 Å². The fourth-order valence-corrected chi connectivity index (χ4v) is 1.61. The van der Waals surface area contributed by atoms with E-state index in [4.69, 9.17) is 15.9 Å². The molecule has 10 heteroatoms. The van der Waals surface area contributed by atoms with Gasteiger partial charge in [-0.1, -0.05) is 0 Å². The molecule has 1 aliphatic rings. The van der Waals surface area contributed by atoms with Crippen LogP contribution in [0.25, 0.3) is 0 Å². The van der Waals surface area contributed by atoms with Gasteiger partial charge in [0, 0.05) is 25.5 Å². The number of carboxylic acids is 2. The van der Waals surface area contributed by atoms with Gasteiger partial charge in [0.25, 0.3) is 0 Å². The Morgan fingerprint density at radius 3 is 2.50 bits per heavy atom. The third-order valence-corrected chi connectivity index (χ3v) is 2.77. The Balaban J connectivity index is 0.000000220. The zero-order valence-electron chi connectivity index (χ0n) is 11.5. The van der Waals surface area contributed by atoms with Gasteiger partial charge in [0.1, 0.15) is 6.04 Å². The van der Waals surface area contributed by atoms with Gasteiger partial charge in [-0.15, -0.1) is 0 Å². The number of ketones is 1. The highest BCUT2D eigenvalue weighted by atomic mass is 16.4. The van der Waals surface area contributed by atoms with E-state index in [0.29, 0.717) is 5.69 Å². The van der Waals surface area contributed by atoms with Crippen LogP contribution >= 0.6 is 0 Å². The summed E-state index contributed by atoms with van der Waals surface area (Å²) in [7, 11) is 0. The van der Waals surface area contributed by atoms with Crippen LogP contribution in [-0.2, 0) is 25.6 Å². The Bertz CT molecular complexity index is 556. The molecule has 1 aliphatic heterocycles. The van der Waals surface area contributed by atoms with Crippen molar-refractivity contribution in [3.63, 3.8) is 0 Å². The monoisotopic (exact) mass is 312 g/mol. The number of aromatic amines is 1. The minimum atomic E-state index is -1.32. The number of carbonyl (C=O) groups excluding carboxylic acids is 2. The molecule has 22 heavy (non-hydrogen) atoms. The van der Waals surface area contributed by atoms with Gasteiger partial charge in [-0.05, 0) is 0 Å². The average molecular weight is 312 g/mol. The number of carbonyl (C=O) groups is 4. The fourth-order valence-electron chi connectivity index (χ4n) is 1.61. The van der Waals surface area contributed by atoms with E-state index in [0.717, 1.165) is 0 Å². The number of piperidine rings is 1. The Labute approximate surface area is 124 Å². The minimum Gasteiger partial charge on any atom is -0.480 e. The minimum absolute atomic E-state index is 0.0306. The van der Waals surface area contributed by atoms with Crippen molar-refractivity contribution in [3.05, 3.63) is 18.2 Å². The molecule has 0 spiro atoms. The van der Waals surface area contributed by atoms with Gasteiger partial charge in [-0.3, -0.25) is 14.4 Å².